The number of hydrogen-bond acceptors (Lipinski definition) is 3. The van der Waals surface area contributed by atoms with Crippen LogP contribution in [0.4, 0.5) is 0 Å². The number of hydrogen-bond donors (Lipinski definition) is 1. The fourth-order valence-corrected chi connectivity index (χ4v) is 2.77. The molecular weight excluding hydrogens is 252 g/mol. The van der Waals surface area contributed by atoms with Crippen LogP contribution in [0.25, 0.3) is 0 Å². The van der Waals surface area contributed by atoms with Gasteiger partial charge in [-0.3, -0.25) is 4.79 Å². The number of ether oxygens (including phenoxy) is 1. The highest BCUT2D eigenvalue weighted by Crippen LogP contribution is 2.28. The molecule has 106 valence electrons. The molecule has 2 saturated heterocycles. The number of rotatable bonds is 2. The van der Waals surface area contributed by atoms with Crippen LogP contribution in [-0.2, 0) is 9.53 Å². The Bertz CT molecular complexity index is 280. The lowest BCUT2D eigenvalue weighted by Crippen LogP contribution is -2.54. The Kier molecular flexibility index (Phi) is 5.89. The molecule has 2 fully saturated rings. The number of nitrogens with one attached hydrogen (secondary N) is 1. The van der Waals surface area contributed by atoms with E-state index in [0.29, 0.717) is 12.5 Å². The third-order valence-electron chi connectivity index (χ3n) is 3.99. The molecule has 5 heteroatoms. The third kappa shape index (κ3) is 3.37. The summed E-state index contributed by atoms with van der Waals surface area (Å²) >= 11 is 0. The Morgan fingerprint density at radius 2 is 2.33 bits per heavy atom. The smallest absolute Gasteiger partial charge is 0.229 e. The van der Waals surface area contributed by atoms with Crippen molar-refractivity contribution >= 4 is 18.3 Å². The highest BCUT2D eigenvalue weighted by Gasteiger charge is 2.39. The summed E-state index contributed by atoms with van der Waals surface area (Å²) in [6.45, 7) is 8.29. The second-order valence-electron chi connectivity index (χ2n) is 5.49. The van der Waals surface area contributed by atoms with Crippen molar-refractivity contribution in [1.29, 1.82) is 0 Å². The van der Waals surface area contributed by atoms with E-state index in [2.05, 4.69) is 19.2 Å². The number of carbonyl (C=O) groups is 1. The van der Waals surface area contributed by atoms with E-state index in [9.17, 15) is 4.79 Å². The van der Waals surface area contributed by atoms with Gasteiger partial charge in [0.25, 0.3) is 0 Å². The average molecular weight is 277 g/mol. The van der Waals surface area contributed by atoms with Gasteiger partial charge in [0.15, 0.2) is 0 Å². The minimum Gasteiger partial charge on any atom is -0.375 e. The van der Waals surface area contributed by atoms with Gasteiger partial charge in [-0.1, -0.05) is 6.92 Å². The number of piperidine rings is 1. The topological polar surface area (TPSA) is 41.6 Å². The van der Waals surface area contributed by atoms with Crippen LogP contribution in [-0.4, -0.2) is 49.7 Å². The summed E-state index contributed by atoms with van der Waals surface area (Å²) in [6, 6.07) is 0. The molecule has 4 nitrogen and oxygen atoms in total. The van der Waals surface area contributed by atoms with Gasteiger partial charge in [-0.2, -0.15) is 0 Å². The van der Waals surface area contributed by atoms with Crippen LogP contribution < -0.4 is 5.32 Å². The quantitative estimate of drug-likeness (QED) is 0.830. The van der Waals surface area contributed by atoms with Gasteiger partial charge in [-0.25, -0.2) is 0 Å². The first-order valence-electron chi connectivity index (χ1n) is 6.77. The van der Waals surface area contributed by atoms with E-state index >= 15 is 0 Å². The number of morpholine rings is 1. The molecule has 0 aromatic rings. The first-order valence-corrected chi connectivity index (χ1v) is 6.77. The summed E-state index contributed by atoms with van der Waals surface area (Å²) in [5.41, 5.74) is -0.201. The normalized spacial score (nSPS) is 32.8. The van der Waals surface area contributed by atoms with Crippen molar-refractivity contribution in [2.75, 3.05) is 32.8 Å². The van der Waals surface area contributed by atoms with Gasteiger partial charge in [-0.05, 0) is 32.7 Å². The second-order valence-corrected chi connectivity index (χ2v) is 5.49. The summed E-state index contributed by atoms with van der Waals surface area (Å²) < 4.78 is 5.62. The van der Waals surface area contributed by atoms with Crippen LogP contribution in [0.15, 0.2) is 0 Å². The van der Waals surface area contributed by atoms with E-state index in [1.807, 2.05) is 4.90 Å². The molecule has 2 unspecified atom stereocenters. The van der Waals surface area contributed by atoms with Gasteiger partial charge in [0, 0.05) is 19.6 Å². The molecule has 1 N–H and O–H groups in total. The first-order chi connectivity index (χ1) is 8.15. The molecule has 1 amide bonds. The number of carbonyl (C=O) groups excluding carboxylic acids is 1. The van der Waals surface area contributed by atoms with Crippen molar-refractivity contribution < 1.29 is 9.53 Å². The SMILES string of the molecule is CCC1CN(C(=O)C2(C)CCCNC2)CCO1.Cl. The molecule has 2 rings (SSSR count). The van der Waals surface area contributed by atoms with E-state index in [1.165, 1.54) is 0 Å². The van der Waals surface area contributed by atoms with Gasteiger partial charge in [0.1, 0.15) is 0 Å². The summed E-state index contributed by atoms with van der Waals surface area (Å²) in [6.07, 6.45) is 3.32. The maximum Gasteiger partial charge on any atom is 0.229 e. The Morgan fingerprint density at radius 3 is 2.94 bits per heavy atom. The first kappa shape index (κ1) is 15.7. The molecule has 2 aliphatic rings. The van der Waals surface area contributed by atoms with Crippen LogP contribution in [0, 0.1) is 5.41 Å². The van der Waals surface area contributed by atoms with Crippen LogP contribution in [0.1, 0.15) is 33.1 Å². The van der Waals surface area contributed by atoms with Crippen LogP contribution >= 0.6 is 12.4 Å². The summed E-state index contributed by atoms with van der Waals surface area (Å²) in [5.74, 6) is 0.312. The molecule has 2 heterocycles. The molecule has 0 aromatic heterocycles. The molecule has 0 aromatic carbocycles. The van der Waals surface area contributed by atoms with Crippen molar-refractivity contribution in [3.05, 3.63) is 0 Å². The van der Waals surface area contributed by atoms with E-state index in [0.717, 1.165) is 45.4 Å². The largest absolute Gasteiger partial charge is 0.375 e. The minimum absolute atomic E-state index is 0. The van der Waals surface area contributed by atoms with Gasteiger partial charge < -0.3 is 15.0 Å². The minimum atomic E-state index is -0.201. The van der Waals surface area contributed by atoms with E-state index in [1.54, 1.807) is 0 Å². The van der Waals surface area contributed by atoms with Crippen LogP contribution in [0.3, 0.4) is 0 Å². The number of halogens is 1. The third-order valence-corrected chi connectivity index (χ3v) is 3.99. The molecule has 0 spiro atoms. The zero-order valence-corrected chi connectivity index (χ0v) is 12.2. The maximum atomic E-state index is 12.6. The van der Waals surface area contributed by atoms with Crippen LogP contribution in [0.2, 0.25) is 0 Å². The lowest BCUT2D eigenvalue weighted by molar-refractivity contribution is -0.149. The lowest BCUT2D eigenvalue weighted by atomic mass is 9.81. The highest BCUT2D eigenvalue weighted by molar-refractivity contribution is 5.85. The maximum absolute atomic E-state index is 12.6. The number of amides is 1. The average Bonchev–Trinajstić information content (AvgIpc) is 2.39. The van der Waals surface area contributed by atoms with Crippen LogP contribution in [0.5, 0.6) is 0 Å². The lowest BCUT2D eigenvalue weighted by Gasteiger charge is -2.40. The molecule has 0 radical (unpaired) electrons. The Morgan fingerprint density at radius 1 is 1.56 bits per heavy atom. The van der Waals surface area contributed by atoms with E-state index in [-0.39, 0.29) is 23.9 Å². The molecule has 0 aliphatic carbocycles. The van der Waals surface area contributed by atoms with Crippen molar-refractivity contribution in [2.24, 2.45) is 5.41 Å². The van der Waals surface area contributed by atoms with Crippen molar-refractivity contribution in [1.82, 2.24) is 10.2 Å². The highest BCUT2D eigenvalue weighted by atomic mass is 35.5. The molecule has 0 saturated carbocycles. The predicted molar refractivity (Wildman–Crippen MR) is 74.1 cm³/mol. The predicted octanol–water partition coefficient (Wildman–Crippen LogP) is 1.44. The zero-order valence-electron chi connectivity index (χ0n) is 11.4. The fraction of sp³-hybridized carbons (Fsp3) is 0.923. The van der Waals surface area contributed by atoms with E-state index in [4.69, 9.17) is 4.74 Å². The van der Waals surface area contributed by atoms with Crippen molar-refractivity contribution in [3.63, 3.8) is 0 Å². The zero-order chi connectivity index (χ0) is 12.3. The Labute approximate surface area is 116 Å². The summed E-state index contributed by atoms with van der Waals surface area (Å²) in [5, 5.41) is 3.34. The number of nitrogens with zero attached hydrogens (tertiary/aromatic N) is 1. The second kappa shape index (κ2) is 6.73. The Hall–Kier alpha value is -0.320. The van der Waals surface area contributed by atoms with Gasteiger partial charge >= 0.3 is 0 Å². The molecule has 18 heavy (non-hydrogen) atoms. The van der Waals surface area contributed by atoms with Gasteiger partial charge in [-0.15, -0.1) is 12.4 Å². The molecule has 2 atom stereocenters. The molecule has 2 aliphatic heterocycles. The van der Waals surface area contributed by atoms with Gasteiger partial charge in [0.05, 0.1) is 18.1 Å². The van der Waals surface area contributed by atoms with E-state index < -0.39 is 0 Å². The fourth-order valence-electron chi connectivity index (χ4n) is 2.77. The Balaban J connectivity index is 0.00000162. The monoisotopic (exact) mass is 276 g/mol. The standard InChI is InChI=1S/C13H24N2O2.ClH/c1-3-11-9-15(7-8-17-11)12(16)13(2)5-4-6-14-10-13;/h11,14H,3-10H2,1-2H3;1H. The summed E-state index contributed by atoms with van der Waals surface area (Å²) in [4.78, 5) is 14.6. The van der Waals surface area contributed by atoms with Gasteiger partial charge in [0.2, 0.25) is 5.91 Å². The molecular formula is C13H25ClN2O2. The van der Waals surface area contributed by atoms with Crippen molar-refractivity contribution in [3.8, 4) is 0 Å². The molecule has 0 bridgehead atoms. The van der Waals surface area contributed by atoms with Crippen molar-refractivity contribution in [2.45, 2.75) is 39.2 Å². The summed E-state index contributed by atoms with van der Waals surface area (Å²) in [7, 11) is 0.